The molecule has 1 heterocycles. The van der Waals surface area contributed by atoms with Gasteiger partial charge in [0.1, 0.15) is 17.2 Å². The van der Waals surface area contributed by atoms with Gasteiger partial charge < -0.3 is 14.2 Å². The Kier molecular flexibility index (Phi) is 7.35. The number of hydrogen-bond acceptors (Lipinski definition) is 4. The maximum Gasteiger partial charge on any atom is 0.573 e. The highest BCUT2D eigenvalue weighted by Gasteiger charge is 2.32. The predicted molar refractivity (Wildman–Crippen MR) is 121 cm³/mol. The van der Waals surface area contributed by atoms with Crippen LogP contribution in [0.25, 0.3) is 33.5 Å². The maximum absolute atomic E-state index is 12.6. The van der Waals surface area contributed by atoms with Crippen LogP contribution < -0.4 is 14.2 Å². The number of rotatable bonds is 6. The zero-order valence-electron chi connectivity index (χ0n) is 19.2. The van der Waals surface area contributed by atoms with Crippen molar-refractivity contribution in [3.05, 3.63) is 85.1 Å². The lowest BCUT2D eigenvalue weighted by Crippen LogP contribution is -2.17. The van der Waals surface area contributed by atoms with E-state index in [-0.39, 0.29) is 5.69 Å². The van der Waals surface area contributed by atoms with Crippen molar-refractivity contribution in [3.8, 4) is 50.8 Å². The molecule has 0 radical (unpaired) electrons. The second-order valence-electron chi connectivity index (χ2n) is 7.80. The van der Waals surface area contributed by atoms with Crippen molar-refractivity contribution >= 4 is 0 Å². The summed E-state index contributed by atoms with van der Waals surface area (Å²) in [6.07, 6.45) is -13.4. The van der Waals surface area contributed by atoms with Crippen LogP contribution in [0.1, 0.15) is 0 Å². The van der Waals surface area contributed by atoms with E-state index in [0.717, 1.165) is 36.4 Å². The van der Waals surface area contributed by atoms with E-state index < -0.39 is 36.3 Å². The van der Waals surface area contributed by atoms with E-state index in [1.807, 2.05) is 0 Å². The molecule has 0 amide bonds. The van der Waals surface area contributed by atoms with Crippen LogP contribution in [0.2, 0.25) is 0 Å². The first-order valence-electron chi connectivity index (χ1n) is 10.7. The number of ether oxygens (including phenoxy) is 3. The quantitative estimate of drug-likeness (QED) is 0.222. The van der Waals surface area contributed by atoms with E-state index in [2.05, 4.69) is 19.2 Å². The lowest BCUT2D eigenvalue weighted by molar-refractivity contribution is -0.275. The van der Waals surface area contributed by atoms with Crippen LogP contribution in [-0.4, -0.2) is 24.1 Å². The first-order valence-corrected chi connectivity index (χ1v) is 10.7. The fourth-order valence-corrected chi connectivity index (χ4v) is 3.69. The second kappa shape index (κ2) is 10.4. The van der Waals surface area contributed by atoms with Gasteiger partial charge in [0.15, 0.2) is 0 Å². The third-order valence-corrected chi connectivity index (χ3v) is 5.09. The largest absolute Gasteiger partial charge is 0.573 e. The van der Waals surface area contributed by atoms with E-state index in [1.165, 1.54) is 48.7 Å². The first-order chi connectivity index (χ1) is 18.2. The summed E-state index contributed by atoms with van der Waals surface area (Å²) in [5.41, 5.74) is 2.05. The second-order valence-corrected chi connectivity index (χ2v) is 7.80. The molecule has 0 aliphatic carbocycles. The van der Waals surface area contributed by atoms with Crippen LogP contribution >= 0.6 is 0 Å². The lowest BCUT2D eigenvalue weighted by Gasteiger charge is -2.17. The number of hydrogen-bond donors (Lipinski definition) is 0. The van der Waals surface area contributed by atoms with Gasteiger partial charge in [-0.25, -0.2) is 0 Å². The van der Waals surface area contributed by atoms with Crippen molar-refractivity contribution < 1.29 is 53.7 Å². The standard InChI is InChI=1S/C26H14F9NO3/c27-24(28,29)37-18-7-1-15(2-8-18)21-13-14-36-23(17-5-11-20(12-6-17)39-26(33,34)35)22(21)16-3-9-19(10-4-16)38-25(30,31)32/h1-14H. The smallest absolute Gasteiger partial charge is 0.406 e. The molecule has 4 aromatic rings. The Morgan fingerprint density at radius 3 is 1.18 bits per heavy atom. The van der Waals surface area contributed by atoms with Gasteiger partial charge in [-0.3, -0.25) is 4.98 Å². The van der Waals surface area contributed by atoms with Crippen LogP contribution in [0.3, 0.4) is 0 Å². The molecule has 4 nitrogen and oxygen atoms in total. The highest BCUT2D eigenvalue weighted by molar-refractivity contribution is 5.92. The predicted octanol–water partition coefficient (Wildman–Crippen LogP) is 8.78. The van der Waals surface area contributed by atoms with Crippen LogP contribution in [0.15, 0.2) is 85.1 Å². The molecule has 0 atom stereocenters. The Morgan fingerprint density at radius 2 is 0.795 bits per heavy atom. The van der Waals surface area contributed by atoms with Crippen molar-refractivity contribution in [2.24, 2.45) is 0 Å². The Hall–Kier alpha value is -4.42. The van der Waals surface area contributed by atoms with E-state index in [9.17, 15) is 39.5 Å². The van der Waals surface area contributed by atoms with Gasteiger partial charge in [0.2, 0.25) is 0 Å². The number of nitrogens with zero attached hydrogens (tertiary/aromatic N) is 1. The molecule has 4 rings (SSSR count). The SMILES string of the molecule is FC(F)(F)Oc1ccc(-c2ccnc(-c3ccc(OC(F)(F)F)cc3)c2-c2ccc(OC(F)(F)F)cc2)cc1. The van der Waals surface area contributed by atoms with Crippen LogP contribution in [0.5, 0.6) is 17.2 Å². The summed E-state index contributed by atoms with van der Waals surface area (Å²) in [7, 11) is 0. The monoisotopic (exact) mass is 559 g/mol. The molecule has 3 aromatic carbocycles. The molecule has 0 saturated heterocycles. The van der Waals surface area contributed by atoms with Gasteiger partial charge in [-0.2, -0.15) is 0 Å². The Labute approximate surface area is 214 Å². The average Bonchev–Trinajstić information content (AvgIpc) is 2.82. The molecule has 204 valence electrons. The zero-order chi connectivity index (χ0) is 28.4. The molecule has 0 unspecified atom stereocenters. The van der Waals surface area contributed by atoms with Gasteiger partial charge in [-0.1, -0.05) is 24.3 Å². The molecular formula is C26H14F9NO3. The van der Waals surface area contributed by atoms with E-state index >= 15 is 0 Å². The minimum atomic E-state index is -4.92. The van der Waals surface area contributed by atoms with Gasteiger partial charge in [-0.05, 0) is 71.3 Å². The number of alkyl halides is 9. The van der Waals surface area contributed by atoms with Crippen molar-refractivity contribution in [1.82, 2.24) is 4.98 Å². The first kappa shape index (κ1) is 27.6. The fourth-order valence-electron chi connectivity index (χ4n) is 3.69. The Bertz CT molecular complexity index is 1330. The Morgan fingerprint density at radius 1 is 0.436 bits per heavy atom. The Balaban J connectivity index is 1.81. The maximum atomic E-state index is 12.6. The molecular weight excluding hydrogens is 545 g/mol. The summed E-state index contributed by atoms with van der Waals surface area (Å²) < 4.78 is 125. The highest BCUT2D eigenvalue weighted by atomic mass is 19.4. The number of aromatic nitrogens is 1. The van der Waals surface area contributed by atoms with Crippen LogP contribution in [0.4, 0.5) is 39.5 Å². The number of benzene rings is 3. The van der Waals surface area contributed by atoms with Gasteiger partial charge in [0.25, 0.3) is 0 Å². The molecule has 0 aliphatic rings. The molecule has 0 spiro atoms. The minimum absolute atomic E-state index is 0.228. The van der Waals surface area contributed by atoms with E-state index in [1.54, 1.807) is 0 Å². The summed E-state index contributed by atoms with van der Waals surface area (Å²) in [5.74, 6) is -1.46. The summed E-state index contributed by atoms with van der Waals surface area (Å²) >= 11 is 0. The normalized spacial score (nSPS) is 12.2. The number of halogens is 9. The van der Waals surface area contributed by atoms with Gasteiger partial charge in [0, 0.05) is 17.3 Å². The topological polar surface area (TPSA) is 40.6 Å². The molecule has 0 saturated carbocycles. The molecule has 39 heavy (non-hydrogen) atoms. The van der Waals surface area contributed by atoms with Gasteiger partial charge in [-0.15, -0.1) is 39.5 Å². The van der Waals surface area contributed by atoms with E-state index in [0.29, 0.717) is 27.8 Å². The minimum Gasteiger partial charge on any atom is -0.406 e. The average molecular weight is 559 g/mol. The van der Waals surface area contributed by atoms with E-state index in [4.69, 9.17) is 0 Å². The molecule has 0 fully saturated rings. The van der Waals surface area contributed by atoms with Gasteiger partial charge in [0.05, 0.1) is 5.69 Å². The summed E-state index contributed by atoms with van der Waals surface area (Å²) in [6, 6.07) is 15.8. The third kappa shape index (κ3) is 7.55. The summed E-state index contributed by atoms with van der Waals surface area (Å²) in [6.45, 7) is 0. The fraction of sp³-hybridized carbons (Fsp3) is 0.115. The number of pyridine rings is 1. The van der Waals surface area contributed by atoms with Gasteiger partial charge >= 0.3 is 19.1 Å². The van der Waals surface area contributed by atoms with Crippen molar-refractivity contribution in [1.29, 1.82) is 0 Å². The van der Waals surface area contributed by atoms with Crippen molar-refractivity contribution in [3.63, 3.8) is 0 Å². The van der Waals surface area contributed by atoms with Crippen molar-refractivity contribution in [2.45, 2.75) is 19.1 Å². The molecule has 0 aliphatic heterocycles. The highest BCUT2D eigenvalue weighted by Crippen LogP contribution is 2.40. The molecule has 1 aromatic heterocycles. The summed E-state index contributed by atoms with van der Waals surface area (Å²) in [4.78, 5) is 4.32. The molecule has 13 heteroatoms. The van der Waals surface area contributed by atoms with Crippen molar-refractivity contribution in [2.75, 3.05) is 0 Å². The molecule has 0 N–H and O–H groups in total. The van der Waals surface area contributed by atoms with Crippen LogP contribution in [-0.2, 0) is 0 Å². The lowest BCUT2D eigenvalue weighted by atomic mass is 9.91. The third-order valence-electron chi connectivity index (χ3n) is 5.09. The zero-order valence-corrected chi connectivity index (χ0v) is 19.2. The molecule has 0 bridgehead atoms. The summed E-state index contributed by atoms with van der Waals surface area (Å²) in [5, 5.41) is 0. The van der Waals surface area contributed by atoms with Crippen LogP contribution in [0, 0.1) is 0 Å².